The average Bonchev–Trinajstić information content (AvgIpc) is 2.70. The lowest BCUT2D eigenvalue weighted by molar-refractivity contribution is -0.384. The Balaban J connectivity index is 2.30. The van der Waals surface area contributed by atoms with Gasteiger partial charge in [-0.3, -0.25) is 14.8 Å². The van der Waals surface area contributed by atoms with E-state index in [0.29, 0.717) is 10.2 Å². The van der Waals surface area contributed by atoms with E-state index >= 15 is 0 Å². The van der Waals surface area contributed by atoms with E-state index in [4.69, 9.17) is 0 Å². The van der Waals surface area contributed by atoms with Crippen LogP contribution in [-0.2, 0) is 7.05 Å². The molecule has 0 saturated heterocycles. The molecule has 0 bridgehead atoms. The molecule has 0 spiro atoms. The lowest BCUT2D eigenvalue weighted by atomic mass is 10.1. The van der Waals surface area contributed by atoms with Crippen LogP contribution in [0.15, 0.2) is 28.9 Å². The molecule has 6 nitrogen and oxygen atoms in total. The highest BCUT2D eigenvalue weighted by Crippen LogP contribution is 2.31. The Morgan fingerprint density at radius 1 is 1.50 bits per heavy atom. The lowest BCUT2D eigenvalue weighted by Crippen LogP contribution is -2.08. The molecule has 2 rings (SSSR count). The number of nitrogens with zero attached hydrogens (tertiary/aromatic N) is 3. The predicted molar refractivity (Wildman–Crippen MR) is 80.8 cm³/mol. The number of anilines is 1. The van der Waals surface area contributed by atoms with Crippen LogP contribution in [0, 0.1) is 17.0 Å². The van der Waals surface area contributed by atoms with Gasteiger partial charge in [-0.2, -0.15) is 5.10 Å². The summed E-state index contributed by atoms with van der Waals surface area (Å²) in [5, 5.41) is 18.5. The van der Waals surface area contributed by atoms with Crippen molar-refractivity contribution in [1.29, 1.82) is 0 Å². The van der Waals surface area contributed by atoms with Crippen LogP contribution in [-0.4, -0.2) is 14.7 Å². The number of nitro benzene ring substituents is 1. The van der Waals surface area contributed by atoms with Crippen LogP contribution in [0.3, 0.4) is 0 Å². The highest BCUT2D eigenvalue weighted by atomic mass is 79.9. The lowest BCUT2D eigenvalue weighted by Gasteiger charge is -2.14. The first kappa shape index (κ1) is 14.5. The molecule has 1 N–H and O–H groups in total. The summed E-state index contributed by atoms with van der Waals surface area (Å²) >= 11 is 3.25. The van der Waals surface area contributed by atoms with Gasteiger partial charge in [-0.05, 0) is 26.0 Å². The molecule has 1 atom stereocenters. The highest BCUT2D eigenvalue weighted by Gasteiger charge is 2.18. The van der Waals surface area contributed by atoms with E-state index in [1.165, 1.54) is 6.07 Å². The Bertz CT molecular complexity index is 654. The van der Waals surface area contributed by atoms with Crippen LogP contribution >= 0.6 is 15.9 Å². The first-order chi connectivity index (χ1) is 9.38. The van der Waals surface area contributed by atoms with Gasteiger partial charge in [0.2, 0.25) is 0 Å². The third-order valence-corrected chi connectivity index (χ3v) is 3.54. The van der Waals surface area contributed by atoms with E-state index in [1.54, 1.807) is 16.8 Å². The number of benzene rings is 1. The molecule has 1 aromatic heterocycles. The maximum absolute atomic E-state index is 11.1. The van der Waals surface area contributed by atoms with Crippen LogP contribution in [0.4, 0.5) is 11.4 Å². The summed E-state index contributed by atoms with van der Waals surface area (Å²) in [6, 6.07) is 4.90. The monoisotopic (exact) mass is 338 g/mol. The molecular formula is C13H15BrN4O2. The van der Waals surface area contributed by atoms with Crippen LogP contribution < -0.4 is 5.32 Å². The third kappa shape index (κ3) is 2.98. The summed E-state index contributed by atoms with van der Waals surface area (Å²) in [6.07, 6.45) is 1.91. The van der Waals surface area contributed by atoms with Crippen molar-refractivity contribution in [1.82, 2.24) is 9.78 Å². The smallest absolute Gasteiger partial charge is 0.293 e. The van der Waals surface area contributed by atoms with Gasteiger partial charge in [0, 0.05) is 29.3 Å². The number of aromatic nitrogens is 2. The predicted octanol–water partition coefficient (Wildman–Crippen LogP) is 3.57. The molecule has 1 aromatic carbocycles. The van der Waals surface area contributed by atoms with Gasteiger partial charge >= 0.3 is 0 Å². The zero-order valence-corrected chi connectivity index (χ0v) is 13.0. The zero-order valence-electron chi connectivity index (χ0n) is 11.4. The fraction of sp³-hybridized carbons (Fsp3) is 0.308. The summed E-state index contributed by atoms with van der Waals surface area (Å²) in [5.74, 6) is 0. The van der Waals surface area contributed by atoms with Crippen molar-refractivity contribution >= 4 is 27.3 Å². The second kappa shape index (κ2) is 5.62. The van der Waals surface area contributed by atoms with E-state index in [2.05, 4.69) is 26.3 Å². The molecule has 0 amide bonds. The molecule has 2 aromatic rings. The summed E-state index contributed by atoms with van der Waals surface area (Å²) in [7, 11) is 1.85. The van der Waals surface area contributed by atoms with Crippen LogP contribution in [0.2, 0.25) is 0 Å². The van der Waals surface area contributed by atoms with E-state index in [-0.39, 0.29) is 11.7 Å². The van der Waals surface area contributed by atoms with E-state index in [0.717, 1.165) is 11.3 Å². The van der Waals surface area contributed by atoms with Gasteiger partial charge in [0.1, 0.15) is 5.69 Å². The number of halogens is 1. The van der Waals surface area contributed by atoms with Crippen molar-refractivity contribution in [3.63, 3.8) is 0 Å². The molecule has 106 valence electrons. The molecule has 0 aliphatic heterocycles. The molecule has 7 heteroatoms. The standard InChI is InChI=1S/C13H15BrN4O2/c1-8(11-7-17(3)16-9(11)2)15-12-5-4-10(14)6-13(12)18(19)20/h4-8,15H,1-3H3. The van der Waals surface area contributed by atoms with E-state index in [1.807, 2.05) is 27.1 Å². The Morgan fingerprint density at radius 2 is 2.20 bits per heavy atom. The van der Waals surface area contributed by atoms with Gasteiger partial charge < -0.3 is 5.32 Å². The summed E-state index contributed by atoms with van der Waals surface area (Å²) in [4.78, 5) is 10.7. The van der Waals surface area contributed by atoms with Crippen molar-refractivity contribution in [2.24, 2.45) is 7.05 Å². The Hall–Kier alpha value is -1.89. The number of aryl methyl sites for hydroxylation is 2. The normalized spacial score (nSPS) is 12.2. The number of hydrogen-bond donors (Lipinski definition) is 1. The Labute approximate surface area is 125 Å². The van der Waals surface area contributed by atoms with E-state index in [9.17, 15) is 10.1 Å². The maximum Gasteiger partial charge on any atom is 0.293 e. The average molecular weight is 339 g/mol. The van der Waals surface area contributed by atoms with Gasteiger partial charge in [0.05, 0.1) is 16.7 Å². The van der Waals surface area contributed by atoms with Crippen molar-refractivity contribution in [3.05, 3.63) is 50.2 Å². The quantitative estimate of drug-likeness (QED) is 0.683. The summed E-state index contributed by atoms with van der Waals surface area (Å²) in [5.41, 5.74) is 2.47. The minimum Gasteiger partial charge on any atom is -0.373 e. The topological polar surface area (TPSA) is 73.0 Å². The van der Waals surface area contributed by atoms with E-state index < -0.39 is 4.92 Å². The number of rotatable bonds is 4. The third-order valence-electron chi connectivity index (χ3n) is 3.05. The minimum absolute atomic E-state index is 0.0489. The van der Waals surface area contributed by atoms with Gasteiger partial charge in [-0.1, -0.05) is 15.9 Å². The zero-order chi connectivity index (χ0) is 14.9. The molecule has 0 aliphatic carbocycles. The molecule has 0 aliphatic rings. The van der Waals surface area contributed by atoms with Crippen molar-refractivity contribution < 1.29 is 4.92 Å². The second-order valence-corrected chi connectivity index (χ2v) is 5.54. The van der Waals surface area contributed by atoms with Crippen molar-refractivity contribution in [2.45, 2.75) is 19.9 Å². The molecule has 20 heavy (non-hydrogen) atoms. The van der Waals surface area contributed by atoms with Crippen LogP contribution in [0.1, 0.15) is 24.2 Å². The number of nitrogens with one attached hydrogen (secondary N) is 1. The number of nitro groups is 1. The van der Waals surface area contributed by atoms with Gasteiger partial charge in [0.25, 0.3) is 5.69 Å². The molecule has 0 fully saturated rings. The molecule has 0 saturated carbocycles. The van der Waals surface area contributed by atoms with Crippen molar-refractivity contribution in [3.8, 4) is 0 Å². The van der Waals surface area contributed by atoms with Crippen molar-refractivity contribution in [2.75, 3.05) is 5.32 Å². The highest BCUT2D eigenvalue weighted by molar-refractivity contribution is 9.10. The maximum atomic E-state index is 11.1. The second-order valence-electron chi connectivity index (χ2n) is 4.63. The SMILES string of the molecule is Cc1nn(C)cc1C(C)Nc1ccc(Br)cc1[N+](=O)[O-]. The fourth-order valence-corrected chi connectivity index (χ4v) is 2.48. The Morgan fingerprint density at radius 3 is 2.75 bits per heavy atom. The Kier molecular flexibility index (Phi) is 4.08. The molecule has 1 heterocycles. The minimum atomic E-state index is -0.393. The first-order valence-electron chi connectivity index (χ1n) is 6.09. The summed E-state index contributed by atoms with van der Waals surface area (Å²) < 4.78 is 2.42. The van der Waals surface area contributed by atoms with Gasteiger partial charge in [0.15, 0.2) is 0 Å². The molecular weight excluding hydrogens is 324 g/mol. The largest absolute Gasteiger partial charge is 0.373 e. The molecule has 1 unspecified atom stereocenters. The van der Waals surface area contributed by atoms with Crippen LogP contribution in [0.25, 0.3) is 0 Å². The fourth-order valence-electron chi connectivity index (χ4n) is 2.13. The summed E-state index contributed by atoms with van der Waals surface area (Å²) in [6.45, 7) is 3.87. The van der Waals surface area contributed by atoms with Gasteiger partial charge in [-0.15, -0.1) is 0 Å². The van der Waals surface area contributed by atoms with Gasteiger partial charge in [-0.25, -0.2) is 0 Å². The van der Waals surface area contributed by atoms with Crippen LogP contribution in [0.5, 0.6) is 0 Å². The molecule has 0 radical (unpaired) electrons. The first-order valence-corrected chi connectivity index (χ1v) is 6.88. The number of hydrogen-bond acceptors (Lipinski definition) is 4.